The number of halogens is 1. The van der Waals surface area contributed by atoms with Gasteiger partial charge in [0.1, 0.15) is 0 Å². The van der Waals surface area contributed by atoms with Gasteiger partial charge in [0.05, 0.1) is 10.8 Å². The number of anilines is 1. The largest absolute Gasteiger partial charge is 0.345 e. The molecule has 1 amide bonds. The first kappa shape index (κ1) is 14.6. The molecule has 0 atom stereocenters. The molecule has 0 radical (unpaired) electrons. The number of aromatic amines is 1. The summed E-state index contributed by atoms with van der Waals surface area (Å²) in [7, 11) is 0. The molecule has 0 saturated carbocycles. The van der Waals surface area contributed by atoms with E-state index in [1.807, 2.05) is 6.92 Å². The highest BCUT2D eigenvalue weighted by atomic mass is 35.5. The smallest absolute Gasteiger partial charge is 0.325 e. The van der Waals surface area contributed by atoms with E-state index >= 15 is 0 Å². The molecule has 1 aromatic carbocycles. The Kier molecular flexibility index (Phi) is 4.81. The van der Waals surface area contributed by atoms with Crippen molar-refractivity contribution in [3.8, 4) is 0 Å². The molecule has 0 saturated heterocycles. The minimum Gasteiger partial charge on any atom is -0.325 e. The van der Waals surface area contributed by atoms with Crippen LogP contribution in [0.15, 0.2) is 40.3 Å². The Hall–Kier alpha value is -1.79. The monoisotopic (exact) mass is 309 g/mol. The molecule has 20 heavy (non-hydrogen) atoms. The Balaban J connectivity index is 1.93. The molecule has 0 spiro atoms. The number of nitrogens with one attached hydrogen (secondary N) is 2. The maximum Gasteiger partial charge on any atom is 0.345 e. The number of thioether (sulfide) groups is 1. The zero-order chi connectivity index (χ0) is 14.5. The number of carbonyl (C=O) groups excluding carboxylic acids is 1. The predicted molar refractivity (Wildman–Crippen MR) is 80.4 cm³/mol. The Morgan fingerprint density at radius 2 is 2.10 bits per heavy atom. The molecule has 0 aliphatic heterocycles. The Morgan fingerprint density at radius 3 is 2.80 bits per heavy atom. The van der Waals surface area contributed by atoms with Gasteiger partial charge in [-0.15, -0.1) is 0 Å². The van der Waals surface area contributed by atoms with Gasteiger partial charge in [-0.05, 0) is 36.8 Å². The third-order valence-corrected chi connectivity index (χ3v) is 3.80. The van der Waals surface area contributed by atoms with Crippen molar-refractivity contribution in [2.75, 3.05) is 11.1 Å². The lowest BCUT2D eigenvalue weighted by Crippen LogP contribution is -2.16. The number of aromatic nitrogens is 2. The van der Waals surface area contributed by atoms with Crippen molar-refractivity contribution in [3.63, 3.8) is 0 Å². The van der Waals surface area contributed by atoms with E-state index in [2.05, 4.69) is 15.3 Å². The molecule has 2 rings (SSSR count). The molecule has 0 bridgehead atoms. The van der Waals surface area contributed by atoms with Crippen molar-refractivity contribution in [1.82, 2.24) is 9.97 Å². The molecule has 0 unspecified atom stereocenters. The summed E-state index contributed by atoms with van der Waals surface area (Å²) in [4.78, 5) is 29.1. The molecule has 0 aliphatic carbocycles. The van der Waals surface area contributed by atoms with Gasteiger partial charge in [0, 0.05) is 16.9 Å². The van der Waals surface area contributed by atoms with E-state index in [0.29, 0.717) is 15.7 Å². The zero-order valence-electron chi connectivity index (χ0n) is 10.6. The minimum absolute atomic E-state index is 0.158. The second-order valence-corrected chi connectivity index (χ2v) is 5.47. The number of H-pyrrole nitrogens is 1. The molecule has 5 nitrogen and oxygen atoms in total. The van der Waals surface area contributed by atoms with Gasteiger partial charge in [-0.3, -0.25) is 4.79 Å². The zero-order valence-corrected chi connectivity index (χ0v) is 12.2. The number of benzene rings is 1. The van der Waals surface area contributed by atoms with E-state index in [-0.39, 0.29) is 11.7 Å². The van der Waals surface area contributed by atoms with Crippen LogP contribution in [0.3, 0.4) is 0 Å². The quantitative estimate of drug-likeness (QED) is 0.672. The average Bonchev–Trinajstić information content (AvgIpc) is 2.42. The van der Waals surface area contributed by atoms with Crippen LogP contribution in [-0.2, 0) is 4.79 Å². The van der Waals surface area contributed by atoms with Gasteiger partial charge in [0.25, 0.3) is 0 Å². The van der Waals surface area contributed by atoms with Gasteiger partial charge in [-0.1, -0.05) is 23.4 Å². The molecule has 0 fully saturated rings. The fourth-order valence-electron chi connectivity index (χ4n) is 1.46. The van der Waals surface area contributed by atoms with Crippen LogP contribution in [0.2, 0.25) is 5.02 Å². The van der Waals surface area contributed by atoms with E-state index in [1.54, 1.807) is 24.3 Å². The summed E-state index contributed by atoms with van der Waals surface area (Å²) in [5.41, 5.74) is 1.09. The summed E-state index contributed by atoms with van der Waals surface area (Å²) in [6.07, 6.45) is 1.48. The van der Waals surface area contributed by atoms with E-state index in [9.17, 15) is 9.59 Å². The molecular weight excluding hydrogens is 298 g/mol. The summed E-state index contributed by atoms with van der Waals surface area (Å²) in [5, 5.41) is 4.01. The van der Waals surface area contributed by atoms with Crippen LogP contribution in [-0.4, -0.2) is 21.6 Å². The Bertz CT molecular complexity index is 670. The number of carbonyl (C=O) groups is 1. The summed E-state index contributed by atoms with van der Waals surface area (Å²) in [6.45, 7) is 1.82. The van der Waals surface area contributed by atoms with Crippen molar-refractivity contribution in [3.05, 3.63) is 51.5 Å². The first-order valence-corrected chi connectivity index (χ1v) is 7.15. The lowest BCUT2D eigenvalue weighted by atomic mass is 10.3. The second-order valence-electron chi connectivity index (χ2n) is 4.04. The molecule has 0 aliphatic rings. The van der Waals surface area contributed by atoms with Crippen LogP contribution in [0, 0.1) is 6.92 Å². The van der Waals surface area contributed by atoms with Gasteiger partial charge in [-0.25, -0.2) is 9.78 Å². The number of hydrogen-bond donors (Lipinski definition) is 2. The highest BCUT2D eigenvalue weighted by Crippen LogP contribution is 2.18. The number of rotatable bonds is 4. The lowest BCUT2D eigenvalue weighted by molar-refractivity contribution is -0.113. The summed E-state index contributed by atoms with van der Waals surface area (Å²) >= 11 is 7.02. The third-order valence-electron chi connectivity index (χ3n) is 2.43. The molecule has 1 heterocycles. The highest BCUT2D eigenvalue weighted by molar-refractivity contribution is 8.00. The normalized spacial score (nSPS) is 10.3. The minimum atomic E-state index is -0.420. The molecule has 104 valence electrons. The van der Waals surface area contributed by atoms with Crippen molar-refractivity contribution >= 4 is 35.0 Å². The van der Waals surface area contributed by atoms with Gasteiger partial charge in [0.2, 0.25) is 5.91 Å². The van der Waals surface area contributed by atoms with E-state index < -0.39 is 5.69 Å². The maximum atomic E-state index is 11.8. The number of hydrogen-bond acceptors (Lipinski definition) is 4. The van der Waals surface area contributed by atoms with Gasteiger partial charge >= 0.3 is 5.69 Å². The van der Waals surface area contributed by atoms with E-state index in [4.69, 9.17) is 11.6 Å². The van der Waals surface area contributed by atoms with Crippen LogP contribution in [0.25, 0.3) is 0 Å². The van der Waals surface area contributed by atoms with Crippen LogP contribution in [0.5, 0.6) is 0 Å². The van der Waals surface area contributed by atoms with Crippen molar-refractivity contribution in [2.24, 2.45) is 0 Å². The fraction of sp³-hybridized carbons (Fsp3) is 0.154. The Morgan fingerprint density at radius 1 is 1.40 bits per heavy atom. The van der Waals surface area contributed by atoms with Crippen molar-refractivity contribution in [2.45, 2.75) is 11.9 Å². The number of amides is 1. The third kappa shape index (κ3) is 4.11. The SMILES string of the molecule is Cc1cnc(=O)[nH]c1SCC(=O)Nc1ccc(Cl)cc1. The molecular formula is C13H12ClN3O2S. The van der Waals surface area contributed by atoms with Crippen LogP contribution < -0.4 is 11.0 Å². The topological polar surface area (TPSA) is 74.8 Å². The molecule has 2 aromatic rings. The first-order valence-electron chi connectivity index (χ1n) is 5.79. The molecule has 2 N–H and O–H groups in total. The fourth-order valence-corrected chi connectivity index (χ4v) is 2.37. The Labute approximate surface area is 124 Å². The summed E-state index contributed by atoms with van der Waals surface area (Å²) < 4.78 is 0. The van der Waals surface area contributed by atoms with Crippen LogP contribution >= 0.6 is 23.4 Å². The summed E-state index contributed by atoms with van der Waals surface area (Å²) in [5.74, 6) is 0.0399. The molecule has 1 aromatic heterocycles. The maximum absolute atomic E-state index is 11.8. The van der Waals surface area contributed by atoms with Crippen molar-refractivity contribution in [1.29, 1.82) is 0 Å². The number of nitrogens with zero attached hydrogens (tertiary/aromatic N) is 1. The van der Waals surface area contributed by atoms with Gasteiger partial charge in [0.15, 0.2) is 0 Å². The lowest BCUT2D eigenvalue weighted by Gasteiger charge is -2.06. The van der Waals surface area contributed by atoms with Crippen molar-refractivity contribution < 1.29 is 4.79 Å². The highest BCUT2D eigenvalue weighted by Gasteiger charge is 2.06. The molecule has 7 heteroatoms. The first-order chi connectivity index (χ1) is 9.54. The van der Waals surface area contributed by atoms with Crippen LogP contribution in [0.4, 0.5) is 5.69 Å². The number of aryl methyl sites for hydroxylation is 1. The van der Waals surface area contributed by atoms with E-state index in [1.165, 1.54) is 18.0 Å². The summed E-state index contributed by atoms with van der Waals surface area (Å²) in [6, 6.07) is 6.86. The predicted octanol–water partition coefficient (Wildman–Crippen LogP) is 2.46. The van der Waals surface area contributed by atoms with Crippen LogP contribution in [0.1, 0.15) is 5.56 Å². The standard InChI is InChI=1S/C13H12ClN3O2S/c1-8-6-15-13(19)17-12(8)20-7-11(18)16-10-4-2-9(14)3-5-10/h2-6H,7H2,1H3,(H,16,18)(H,15,17,19). The average molecular weight is 310 g/mol. The van der Waals surface area contributed by atoms with E-state index in [0.717, 1.165) is 5.56 Å². The van der Waals surface area contributed by atoms with Gasteiger partial charge < -0.3 is 10.3 Å². The second kappa shape index (κ2) is 6.58. The van der Waals surface area contributed by atoms with Gasteiger partial charge in [-0.2, -0.15) is 0 Å².